The van der Waals surface area contributed by atoms with Gasteiger partial charge >= 0.3 is 0 Å². The first-order valence-corrected chi connectivity index (χ1v) is 8.97. The fraction of sp³-hybridized carbons (Fsp3) is 0.0952. The molecular weight excluding hydrogens is 368 g/mol. The summed E-state index contributed by atoms with van der Waals surface area (Å²) >= 11 is 0. The molecule has 0 spiro atoms. The van der Waals surface area contributed by atoms with Crippen molar-refractivity contribution in [3.05, 3.63) is 72.2 Å². The first-order valence-electron chi connectivity index (χ1n) is 8.97. The summed E-state index contributed by atoms with van der Waals surface area (Å²) in [4.78, 5) is 37.0. The van der Waals surface area contributed by atoms with Gasteiger partial charge in [-0.05, 0) is 43.3 Å². The third-order valence-corrected chi connectivity index (χ3v) is 4.27. The van der Waals surface area contributed by atoms with E-state index in [0.717, 1.165) is 17.0 Å². The average Bonchev–Trinajstić information content (AvgIpc) is 3.03. The molecule has 0 aliphatic carbocycles. The van der Waals surface area contributed by atoms with Gasteiger partial charge in [-0.1, -0.05) is 12.1 Å². The van der Waals surface area contributed by atoms with Crippen LogP contribution in [0.1, 0.15) is 23.0 Å². The monoisotopic (exact) mass is 386 g/mol. The van der Waals surface area contributed by atoms with Gasteiger partial charge in [-0.2, -0.15) is 0 Å². The number of carbonyl (C=O) groups excluding carboxylic acids is 2. The molecule has 4 rings (SSSR count). The molecule has 3 heterocycles. The lowest BCUT2D eigenvalue weighted by Crippen LogP contribution is -2.15. The molecule has 0 aliphatic rings. The number of fused-ring (bicyclic) bond motifs is 1. The van der Waals surface area contributed by atoms with Gasteiger partial charge in [-0.15, -0.1) is 0 Å². The molecule has 0 fully saturated rings. The fourth-order valence-electron chi connectivity index (χ4n) is 3.09. The number of rotatable bonds is 4. The second kappa shape index (κ2) is 7.51. The third kappa shape index (κ3) is 3.81. The summed E-state index contributed by atoms with van der Waals surface area (Å²) in [7, 11) is 0. The molecule has 4 aromatic rings. The van der Waals surface area contributed by atoms with E-state index in [4.69, 9.17) is 0 Å². The summed E-state index contributed by atoms with van der Waals surface area (Å²) in [6, 6.07) is 14.2. The van der Waals surface area contributed by atoms with Crippen molar-refractivity contribution >= 4 is 29.1 Å². The smallest absolute Gasteiger partial charge is 0.258 e. The minimum absolute atomic E-state index is 0.183. The molecule has 0 saturated carbocycles. The summed E-state index contributed by atoms with van der Waals surface area (Å²) in [5.74, 6) is -0.395. The zero-order valence-corrected chi connectivity index (χ0v) is 15.9. The number of hydrogen-bond donors (Lipinski definition) is 2. The standard InChI is InChI=1S/C21H18N6O2/c1-13-19(27-11-4-3-8-18(27)23-13)17-9-10-22-21(25-17)26-20(29)15-6-5-7-16(12-15)24-14(2)28/h3-12H,1-2H3,(H,24,28)(H,22,25,26,29). The summed E-state index contributed by atoms with van der Waals surface area (Å²) in [6.07, 6.45) is 3.51. The van der Waals surface area contributed by atoms with Crippen LogP contribution in [0.3, 0.4) is 0 Å². The maximum Gasteiger partial charge on any atom is 0.258 e. The maximum atomic E-state index is 12.6. The Bertz CT molecular complexity index is 1230. The predicted molar refractivity (Wildman–Crippen MR) is 110 cm³/mol. The molecule has 0 aliphatic heterocycles. The summed E-state index contributed by atoms with van der Waals surface area (Å²) < 4.78 is 1.94. The lowest BCUT2D eigenvalue weighted by atomic mass is 10.2. The van der Waals surface area contributed by atoms with Crippen LogP contribution in [0.15, 0.2) is 60.9 Å². The number of carbonyl (C=O) groups is 2. The number of hydrogen-bond acceptors (Lipinski definition) is 5. The molecule has 29 heavy (non-hydrogen) atoms. The van der Waals surface area contributed by atoms with E-state index in [2.05, 4.69) is 25.6 Å². The molecule has 2 N–H and O–H groups in total. The van der Waals surface area contributed by atoms with Crippen LogP contribution in [0.4, 0.5) is 11.6 Å². The van der Waals surface area contributed by atoms with Gasteiger partial charge in [0.05, 0.1) is 17.1 Å². The number of aryl methyl sites for hydroxylation is 1. The van der Waals surface area contributed by atoms with Crippen molar-refractivity contribution in [3.63, 3.8) is 0 Å². The highest BCUT2D eigenvalue weighted by Crippen LogP contribution is 2.23. The van der Waals surface area contributed by atoms with Crippen molar-refractivity contribution in [2.24, 2.45) is 0 Å². The molecule has 144 valence electrons. The quantitative estimate of drug-likeness (QED) is 0.560. The Kier molecular flexibility index (Phi) is 4.74. The van der Waals surface area contributed by atoms with Crippen LogP contribution in [0, 0.1) is 6.92 Å². The van der Waals surface area contributed by atoms with Crippen LogP contribution >= 0.6 is 0 Å². The lowest BCUT2D eigenvalue weighted by molar-refractivity contribution is -0.114. The normalized spacial score (nSPS) is 10.7. The number of imidazole rings is 1. The topological polar surface area (TPSA) is 101 Å². The molecular formula is C21H18N6O2. The number of aromatic nitrogens is 4. The van der Waals surface area contributed by atoms with E-state index in [1.807, 2.05) is 35.7 Å². The van der Waals surface area contributed by atoms with E-state index in [1.54, 1.807) is 36.5 Å². The van der Waals surface area contributed by atoms with Crippen molar-refractivity contribution < 1.29 is 9.59 Å². The number of pyridine rings is 1. The minimum Gasteiger partial charge on any atom is -0.326 e. The molecule has 0 atom stereocenters. The molecule has 8 heteroatoms. The summed E-state index contributed by atoms with van der Waals surface area (Å²) in [6.45, 7) is 3.32. The van der Waals surface area contributed by atoms with Gasteiger partial charge in [0, 0.05) is 30.6 Å². The van der Waals surface area contributed by atoms with Gasteiger partial charge in [0.15, 0.2) is 0 Å². The first kappa shape index (κ1) is 18.3. The fourth-order valence-corrected chi connectivity index (χ4v) is 3.09. The zero-order valence-electron chi connectivity index (χ0n) is 15.9. The van der Waals surface area contributed by atoms with E-state index in [1.165, 1.54) is 6.92 Å². The summed E-state index contributed by atoms with van der Waals surface area (Å²) in [5.41, 5.74) is 4.07. The number of nitrogens with one attached hydrogen (secondary N) is 2. The Morgan fingerprint density at radius 1 is 1.00 bits per heavy atom. The van der Waals surface area contributed by atoms with Gasteiger partial charge in [-0.3, -0.25) is 19.3 Å². The SMILES string of the molecule is CC(=O)Nc1cccc(C(=O)Nc2nccc(-c3c(C)nc4ccccn34)n2)c1. The Morgan fingerprint density at radius 3 is 2.69 bits per heavy atom. The molecule has 0 unspecified atom stereocenters. The molecule has 0 bridgehead atoms. The van der Waals surface area contributed by atoms with Crippen LogP contribution in [-0.4, -0.2) is 31.2 Å². The molecule has 0 saturated heterocycles. The van der Waals surface area contributed by atoms with Crippen molar-refractivity contribution in [2.45, 2.75) is 13.8 Å². The molecule has 0 radical (unpaired) electrons. The van der Waals surface area contributed by atoms with E-state index in [0.29, 0.717) is 16.9 Å². The van der Waals surface area contributed by atoms with Crippen molar-refractivity contribution in [3.8, 4) is 11.4 Å². The van der Waals surface area contributed by atoms with Crippen molar-refractivity contribution in [1.82, 2.24) is 19.4 Å². The van der Waals surface area contributed by atoms with Gasteiger partial charge in [0.2, 0.25) is 11.9 Å². The van der Waals surface area contributed by atoms with Crippen molar-refractivity contribution in [1.29, 1.82) is 0 Å². The molecule has 3 aromatic heterocycles. The Hall–Kier alpha value is -4.07. The molecule has 2 amide bonds. The number of nitrogens with zero attached hydrogens (tertiary/aromatic N) is 4. The number of benzene rings is 1. The van der Waals surface area contributed by atoms with Gasteiger partial charge in [0.1, 0.15) is 5.65 Å². The zero-order chi connectivity index (χ0) is 20.4. The highest BCUT2D eigenvalue weighted by atomic mass is 16.2. The largest absolute Gasteiger partial charge is 0.326 e. The predicted octanol–water partition coefficient (Wildman–Crippen LogP) is 3.31. The highest BCUT2D eigenvalue weighted by Gasteiger charge is 2.14. The minimum atomic E-state index is -0.371. The van der Waals surface area contributed by atoms with E-state index in [-0.39, 0.29) is 17.8 Å². The number of amides is 2. The molecule has 8 nitrogen and oxygen atoms in total. The van der Waals surface area contributed by atoms with Gasteiger partial charge in [0.25, 0.3) is 5.91 Å². The Labute approximate surface area is 166 Å². The van der Waals surface area contributed by atoms with E-state index >= 15 is 0 Å². The van der Waals surface area contributed by atoms with Crippen LogP contribution in [0.5, 0.6) is 0 Å². The van der Waals surface area contributed by atoms with Crippen LogP contribution in [0.25, 0.3) is 17.0 Å². The van der Waals surface area contributed by atoms with Gasteiger partial charge < -0.3 is 5.32 Å². The van der Waals surface area contributed by atoms with Crippen LogP contribution in [0.2, 0.25) is 0 Å². The number of anilines is 2. The van der Waals surface area contributed by atoms with E-state index < -0.39 is 0 Å². The van der Waals surface area contributed by atoms with E-state index in [9.17, 15) is 9.59 Å². The first-order chi connectivity index (χ1) is 14.0. The second-order valence-electron chi connectivity index (χ2n) is 6.46. The third-order valence-electron chi connectivity index (χ3n) is 4.27. The second-order valence-corrected chi connectivity index (χ2v) is 6.46. The van der Waals surface area contributed by atoms with Crippen LogP contribution in [-0.2, 0) is 4.79 Å². The Morgan fingerprint density at radius 2 is 1.86 bits per heavy atom. The summed E-state index contributed by atoms with van der Waals surface area (Å²) in [5, 5.41) is 5.36. The maximum absolute atomic E-state index is 12.6. The van der Waals surface area contributed by atoms with Crippen molar-refractivity contribution in [2.75, 3.05) is 10.6 Å². The highest BCUT2D eigenvalue weighted by molar-refractivity contribution is 6.04. The van der Waals surface area contributed by atoms with Crippen LogP contribution < -0.4 is 10.6 Å². The average molecular weight is 386 g/mol. The molecule has 1 aromatic carbocycles. The Balaban J connectivity index is 1.62. The van der Waals surface area contributed by atoms with Gasteiger partial charge in [-0.25, -0.2) is 15.0 Å². The lowest BCUT2D eigenvalue weighted by Gasteiger charge is -2.08.